The Morgan fingerprint density at radius 2 is 2.02 bits per heavy atom. The number of aliphatic hydroxyl groups excluding tert-OH is 3. The van der Waals surface area contributed by atoms with Gasteiger partial charge in [-0.2, -0.15) is 0 Å². The number of nitrogens with one attached hydrogen (secondary N) is 2. The predicted octanol–water partition coefficient (Wildman–Crippen LogP) is 2.44. The molecule has 2 heterocycles. The van der Waals surface area contributed by atoms with Crippen LogP contribution in [0.4, 0.5) is 0 Å². The third kappa shape index (κ3) is 7.20. The number of aromatic nitrogens is 1. The number of para-hydroxylation sites is 1. The highest BCUT2D eigenvalue weighted by molar-refractivity contribution is 14.1. The zero-order valence-corrected chi connectivity index (χ0v) is 26.7. The number of aliphatic hydroxyl groups is 3. The molecule has 1 aromatic heterocycles. The van der Waals surface area contributed by atoms with Crippen LogP contribution < -0.4 is 14.8 Å². The van der Waals surface area contributed by atoms with E-state index in [9.17, 15) is 24.9 Å². The van der Waals surface area contributed by atoms with Crippen molar-refractivity contribution in [3.63, 3.8) is 0 Å². The lowest BCUT2D eigenvalue weighted by Gasteiger charge is -2.41. The molecule has 11 nitrogen and oxygen atoms in total. The second-order valence-electron chi connectivity index (χ2n) is 10.9. The number of rotatable bonds is 12. The van der Waals surface area contributed by atoms with Crippen LogP contribution in [-0.4, -0.2) is 94.8 Å². The molecular weight excluding hydrogens is 681 g/mol. The number of benzene rings is 2. The molecule has 4 atom stereocenters. The Bertz CT molecular complexity index is 1470. The largest absolute Gasteiger partial charge is 0.493 e. The van der Waals surface area contributed by atoms with E-state index >= 15 is 0 Å². The highest BCUT2D eigenvalue weighted by Crippen LogP contribution is 2.37. The lowest BCUT2D eigenvalue weighted by atomic mass is 9.87. The van der Waals surface area contributed by atoms with Crippen LogP contribution in [0.25, 0.3) is 10.9 Å². The fourth-order valence-corrected chi connectivity index (χ4v) is 6.59. The van der Waals surface area contributed by atoms with Crippen molar-refractivity contribution in [1.82, 2.24) is 15.2 Å². The van der Waals surface area contributed by atoms with Crippen molar-refractivity contribution in [3.05, 3.63) is 68.9 Å². The van der Waals surface area contributed by atoms with Crippen LogP contribution in [0.1, 0.15) is 30.5 Å². The van der Waals surface area contributed by atoms with Crippen molar-refractivity contribution >= 4 is 45.3 Å². The van der Waals surface area contributed by atoms with Gasteiger partial charge in [0.15, 0.2) is 11.5 Å². The average Bonchev–Trinajstić information content (AvgIpc) is 3.72. The van der Waals surface area contributed by atoms with E-state index in [1.165, 1.54) is 7.11 Å². The molecule has 1 aliphatic carbocycles. The summed E-state index contributed by atoms with van der Waals surface area (Å²) in [5.41, 5.74) is 2.89. The third-order valence-electron chi connectivity index (χ3n) is 8.04. The molecule has 0 saturated carbocycles. The maximum atomic E-state index is 14.0. The smallest absolute Gasteiger partial charge is 0.252 e. The van der Waals surface area contributed by atoms with Gasteiger partial charge in [-0.3, -0.25) is 9.59 Å². The molecule has 0 spiro atoms. The van der Waals surface area contributed by atoms with E-state index < -0.39 is 30.3 Å². The summed E-state index contributed by atoms with van der Waals surface area (Å²) in [6, 6.07) is 12.6. The average molecular weight is 720 g/mol. The number of nitrogens with zero attached hydrogens (tertiary/aromatic N) is 1. The minimum atomic E-state index is -1.20. The third-order valence-corrected chi connectivity index (χ3v) is 8.84. The Hall–Kier alpha value is -3.17. The maximum Gasteiger partial charge on any atom is 0.252 e. The molecule has 0 bridgehead atoms. The Morgan fingerprint density at radius 3 is 2.73 bits per heavy atom. The normalized spacial score (nSPS) is 21.6. The summed E-state index contributed by atoms with van der Waals surface area (Å²) < 4.78 is 18.3. The van der Waals surface area contributed by atoms with Gasteiger partial charge >= 0.3 is 0 Å². The minimum Gasteiger partial charge on any atom is -0.493 e. The number of fused-ring (bicyclic) bond motifs is 1. The molecule has 236 valence electrons. The molecule has 44 heavy (non-hydrogen) atoms. The van der Waals surface area contributed by atoms with E-state index in [2.05, 4.69) is 32.9 Å². The fraction of sp³-hybridized carbons (Fsp3) is 0.438. The molecule has 3 aromatic rings. The molecule has 5 N–H and O–H groups in total. The predicted molar refractivity (Wildman–Crippen MR) is 171 cm³/mol. The maximum absolute atomic E-state index is 14.0. The van der Waals surface area contributed by atoms with Gasteiger partial charge in [0.1, 0.15) is 18.3 Å². The Morgan fingerprint density at radius 1 is 1.20 bits per heavy atom. The van der Waals surface area contributed by atoms with Crippen LogP contribution in [0, 0.1) is 3.57 Å². The number of aromatic amines is 1. The zero-order chi connectivity index (χ0) is 31.2. The van der Waals surface area contributed by atoms with Crippen LogP contribution in [0.15, 0.2) is 54.1 Å². The molecule has 1 saturated heterocycles. The molecule has 2 aliphatic rings. The minimum absolute atomic E-state index is 0.0577. The highest BCUT2D eigenvalue weighted by atomic mass is 127. The zero-order valence-electron chi connectivity index (χ0n) is 24.5. The lowest BCUT2D eigenvalue weighted by molar-refractivity contribution is -0.148. The van der Waals surface area contributed by atoms with E-state index in [0.717, 1.165) is 23.0 Å². The summed E-state index contributed by atoms with van der Waals surface area (Å²) >= 11 is 2.07. The second-order valence-corrected chi connectivity index (χ2v) is 12.1. The first-order valence-corrected chi connectivity index (χ1v) is 15.8. The van der Waals surface area contributed by atoms with Crippen molar-refractivity contribution in [2.75, 3.05) is 33.4 Å². The molecule has 5 rings (SSSR count). The highest BCUT2D eigenvalue weighted by Gasteiger charge is 2.43. The van der Waals surface area contributed by atoms with Gasteiger partial charge in [0, 0.05) is 49.3 Å². The number of hydrogen-bond donors (Lipinski definition) is 5. The van der Waals surface area contributed by atoms with E-state index in [-0.39, 0.29) is 38.6 Å². The number of methoxy groups -OCH3 is 1. The van der Waals surface area contributed by atoms with E-state index in [4.69, 9.17) is 14.2 Å². The molecule has 1 fully saturated rings. The van der Waals surface area contributed by atoms with Crippen molar-refractivity contribution in [1.29, 1.82) is 0 Å². The molecule has 0 radical (unpaired) electrons. The fourth-order valence-electron chi connectivity index (χ4n) is 5.80. The quantitative estimate of drug-likeness (QED) is 0.179. The van der Waals surface area contributed by atoms with Crippen LogP contribution in [0.2, 0.25) is 0 Å². The van der Waals surface area contributed by atoms with Gasteiger partial charge in [-0.15, -0.1) is 0 Å². The van der Waals surface area contributed by atoms with Gasteiger partial charge in [-0.05, 0) is 76.7 Å². The van der Waals surface area contributed by atoms with E-state index in [0.29, 0.717) is 45.7 Å². The first kappa shape index (κ1) is 32.2. The molecular formula is C32H38IN3O8. The van der Waals surface area contributed by atoms with Crippen LogP contribution >= 0.6 is 22.6 Å². The summed E-state index contributed by atoms with van der Waals surface area (Å²) in [7, 11) is 1.48. The van der Waals surface area contributed by atoms with Gasteiger partial charge < -0.3 is 44.7 Å². The van der Waals surface area contributed by atoms with Gasteiger partial charge in [-0.25, -0.2) is 0 Å². The number of H-pyrrole nitrogens is 1. The molecule has 4 unspecified atom stereocenters. The van der Waals surface area contributed by atoms with Gasteiger partial charge in [0.2, 0.25) is 5.91 Å². The first-order chi connectivity index (χ1) is 21.3. The van der Waals surface area contributed by atoms with Gasteiger partial charge in [-0.1, -0.05) is 18.2 Å². The number of amides is 2. The van der Waals surface area contributed by atoms with E-state index in [1.807, 2.05) is 30.3 Å². The Kier molecular flexibility index (Phi) is 10.8. The molecule has 12 heteroatoms. The number of ether oxygens (including phenoxy) is 3. The molecule has 2 amide bonds. The Labute approximate surface area is 269 Å². The van der Waals surface area contributed by atoms with Gasteiger partial charge in [0.25, 0.3) is 5.91 Å². The van der Waals surface area contributed by atoms with Crippen molar-refractivity contribution in [2.24, 2.45) is 0 Å². The lowest BCUT2D eigenvalue weighted by Crippen LogP contribution is -2.57. The van der Waals surface area contributed by atoms with Gasteiger partial charge in [0.05, 0.1) is 29.9 Å². The number of carbonyl (C=O) groups is 2. The monoisotopic (exact) mass is 719 g/mol. The van der Waals surface area contributed by atoms with Crippen molar-refractivity contribution < 1.29 is 39.1 Å². The Balaban J connectivity index is 1.48. The summed E-state index contributed by atoms with van der Waals surface area (Å²) in [5.74, 6) is 0.0531. The van der Waals surface area contributed by atoms with Crippen molar-refractivity contribution in [2.45, 2.75) is 56.6 Å². The topological polar surface area (TPSA) is 154 Å². The van der Waals surface area contributed by atoms with Crippen LogP contribution in [-0.2, 0) is 27.4 Å². The summed E-state index contributed by atoms with van der Waals surface area (Å²) in [5, 5.41) is 34.5. The number of carbonyl (C=O) groups excluding carboxylic acids is 2. The first-order valence-electron chi connectivity index (χ1n) is 14.7. The summed E-state index contributed by atoms with van der Waals surface area (Å²) in [6.07, 6.45) is 0.644. The SMILES string of the molecule is COc1cc(CO)cc(I)c1OC1C=C(C(=O)NCCO)CC(N(CCc2cc3ccccc3[nH]2)C(=O)C2CCCO2)C1O. The van der Waals surface area contributed by atoms with E-state index in [1.54, 1.807) is 23.1 Å². The number of hydrogen-bond acceptors (Lipinski definition) is 8. The summed E-state index contributed by atoms with van der Waals surface area (Å²) in [6.45, 7) is 0.403. The molecule has 2 aromatic carbocycles. The van der Waals surface area contributed by atoms with Crippen LogP contribution in [0.5, 0.6) is 11.5 Å². The van der Waals surface area contributed by atoms with Crippen molar-refractivity contribution in [3.8, 4) is 11.5 Å². The molecule has 1 aliphatic heterocycles. The number of halogens is 1. The second kappa shape index (κ2) is 14.7. The standard InChI is InChI=1S/C32H38IN3O8/c1-42-28-14-19(18-38)13-23(33)30(28)44-27-17-21(31(40)34-9-11-37)16-25(29(27)39)36(32(41)26-7-4-12-43-26)10-8-22-15-20-5-2-3-6-24(20)35-22/h2-3,5-6,13-15,17,25-27,29,35,37-39H,4,7-12,16,18H2,1H3,(H,34,40). The summed E-state index contributed by atoms with van der Waals surface area (Å²) in [4.78, 5) is 32.2. The van der Waals surface area contributed by atoms with Crippen LogP contribution in [0.3, 0.4) is 0 Å².